The van der Waals surface area contributed by atoms with Crippen LogP contribution in [0.2, 0.25) is 0 Å². The average Bonchev–Trinajstić information content (AvgIpc) is 2.97. The number of rotatable bonds is 12. The lowest BCUT2D eigenvalue weighted by atomic mass is 10.1. The first kappa shape index (κ1) is 19.5. The SMILES string of the molecule is CCCCCCCCCCCCc1ccc(C(=S)SS)s1. The molecule has 0 spiro atoms. The predicted octanol–water partition coefficient (Wildman–Crippen LogP) is 7.47. The standard InChI is InChI=1S/C17H28S4/c1-2-3-4-5-6-7-8-9-10-11-12-15-13-14-16(20-15)17(18)21-19/h13-14,19H,2-12H2,1H3. The highest BCUT2D eigenvalue weighted by atomic mass is 33.1. The van der Waals surface area contributed by atoms with Gasteiger partial charge in [-0.1, -0.05) is 76.9 Å². The average molecular weight is 361 g/mol. The van der Waals surface area contributed by atoms with Gasteiger partial charge in [-0.15, -0.1) is 23.0 Å². The summed E-state index contributed by atoms with van der Waals surface area (Å²) in [6.45, 7) is 2.28. The summed E-state index contributed by atoms with van der Waals surface area (Å²) in [6.07, 6.45) is 15.2. The fraction of sp³-hybridized carbons (Fsp3) is 0.706. The van der Waals surface area contributed by atoms with Crippen LogP contribution < -0.4 is 0 Å². The third kappa shape index (κ3) is 9.27. The monoisotopic (exact) mass is 360 g/mol. The molecule has 0 nitrogen and oxygen atoms in total. The van der Waals surface area contributed by atoms with Crippen LogP contribution in [-0.2, 0) is 6.42 Å². The summed E-state index contributed by atoms with van der Waals surface area (Å²) in [5.41, 5.74) is 0. The van der Waals surface area contributed by atoms with Crippen LogP contribution in [0.1, 0.15) is 80.9 Å². The van der Waals surface area contributed by atoms with Crippen molar-refractivity contribution in [1.29, 1.82) is 0 Å². The lowest BCUT2D eigenvalue weighted by Gasteiger charge is -2.02. The van der Waals surface area contributed by atoms with E-state index in [1.165, 1.54) is 91.2 Å². The van der Waals surface area contributed by atoms with E-state index in [0.717, 1.165) is 4.20 Å². The summed E-state index contributed by atoms with van der Waals surface area (Å²) in [5.74, 6) is 0. The van der Waals surface area contributed by atoms with E-state index in [1.54, 1.807) is 0 Å². The number of aryl methyl sites for hydroxylation is 1. The van der Waals surface area contributed by atoms with Crippen molar-refractivity contribution >= 4 is 50.2 Å². The van der Waals surface area contributed by atoms with E-state index in [9.17, 15) is 0 Å². The highest BCUT2D eigenvalue weighted by Crippen LogP contribution is 2.25. The maximum absolute atomic E-state index is 5.25. The van der Waals surface area contributed by atoms with Crippen molar-refractivity contribution in [2.75, 3.05) is 0 Å². The molecule has 120 valence electrons. The molecule has 0 aromatic carbocycles. The van der Waals surface area contributed by atoms with Gasteiger partial charge >= 0.3 is 0 Å². The largest absolute Gasteiger partial charge is 0.139 e. The van der Waals surface area contributed by atoms with Crippen LogP contribution >= 0.6 is 46.0 Å². The molecule has 0 saturated carbocycles. The highest BCUT2D eigenvalue weighted by Gasteiger charge is 2.04. The highest BCUT2D eigenvalue weighted by molar-refractivity contribution is 8.76. The van der Waals surface area contributed by atoms with E-state index in [2.05, 4.69) is 30.7 Å². The van der Waals surface area contributed by atoms with Crippen molar-refractivity contribution in [2.24, 2.45) is 0 Å². The Labute approximate surface area is 149 Å². The van der Waals surface area contributed by atoms with E-state index in [-0.39, 0.29) is 0 Å². The third-order valence-electron chi connectivity index (χ3n) is 3.72. The minimum atomic E-state index is 0.901. The van der Waals surface area contributed by atoms with Crippen molar-refractivity contribution in [3.05, 3.63) is 21.9 Å². The number of thiophene rings is 1. The van der Waals surface area contributed by atoms with Crippen LogP contribution in [0.25, 0.3) is 0 Å². The van der Waals surface area contributed by atoms with Gasteiger partial charge in [0.05, 0.1) is 9.07 Å². The Morgan fingerprint density at radius 1 is 1.00 bits per heavy atom. The molecule has 0 atom stereocenters. The Hall–Kier alpha value is 0.490. The summed E-state index contributed by atoms with van der Waals surface area (Å²) in [5, 5.41) is 0. The van der Waals surface area contributed by atoms with E-state index in [0.29, 0.717) is 0 Å². The van der Waals surface area contributed by atoms with Gasteiger partial charge in [-0.2, -0.15) is 0 Å². The molecule has 0 unspecified atom stereocenters. The van der Waals surface area contributed by atoms with Crippen molar-refractivity contribution in [1.82, 2.24) is 0 Å². The van der Waals surface area contributed by atoms with Crippen LogP contribution in [0.4, 0.5) is 0 Å². The summed E-state index contributed by atoms with van der Waals surface area (Å²) in [4.78, 5) is 2.67. The number of thiocarbonyl (C=S) groups is 1. The number of hydrogen-bond acceptors (Lipinski definition) is 4. The lowest BCUT2D eigenvalue weighted by Crippen LogP contribution is -1.84. The Bertz CT molecular complexity index is 384. The first-order valence-electron chi connectivity index (χ1n) is 8.22. The van der Waals surface area contributed by atoms with Crippen LogP contribution in [-0.4, -0.2) is 4.20 Å². The molecule has 4 heteroatoms. The molecule has 1 rings (SSSR count). The molecule has 0 aliphatic heterocycles. The van der Waals surface area contributed by atoms with E-state index >= 15 is 0 Å². The normalized spacial score (nSPS) is 11.0. The van der Waals surface area contributed by atoms with Gasteiger partial charge in [-0.05, 0) is 35.8 Å². The first-order chi connectivity index (χ1) is 10.3. The third-order valence-corrected chi connectivity index (χ3v) is 6.92. The van der Waals surface area contributed by atoms with Crippen LogP contribution in [0.5, 0.6) is 0 Å². The second-order valence-electron chi connectivity index (χ2n) is 5.58. The smallest absolute Gasteiger partial charge is 0.0982 e. The minimum Gasteiger partial charge on any atom is -0.139 e. The van der Waals surface area contributed by atoms with Gasteiger partial charge in [0.1, 0.15) is 0 Å². The van der Waals surface area contributed by atoms with Crippen LogP contribution in [0.15, 0.2) is 12.1 Å². The Morgan fingerprint density at radius 2 is 1.57 bits per heavy atom. The van der Waals surface area contributed by atoms with E-state index < -0.39 is 0 Å². The van der Waals surface area contributed by atoms with E-state index in [4.69, 9.17) is 12.2 Å². The second kappa shape index (κ2) is 13.0. The van der Waals surface area contributed by atoms with Gasteiger partial charge in [-0.25, -0.2) is 0 Å². The van der Waals surface area contributed by atoms with Crippen molar-refractivity contribution in [2.45, 2.75) is 77.6 Å². The van der Waals surface area contributed by atoms with E-state index in [1.807, 2.05) is 11.3 Å². The number of thiol groups is 1. The zero-order valence-corrected chi connectivity index (χ0v) is 16.4. The van der Waals surface area contributed by atoms with Gasteiger partial charge in [0, 0.05) is 4.88 Å². The van der Waals surface area contributed by atoms with Gasteiger partial charge < -0.3 is 0 Å². The number of unbranched alkanes of at least 4 members (excludes halogenated alkanes) is 9. The van der Waals surface area contributed by atoms with Gasteiger partial charge in [-0.3, -0.25) is 0 Å². The number of hydrogen-bond donors (Lipinski definition) is 1. The maximum atomic E-state index is 5.25. The predicted molar refractivity (Wildman–Crippen MR) is 108 cm³/mol. The van der Waals surface area contributed by atoms with Gasteiger partial charge in [0.2, 0.25) is 0 Å². The van der Waals surface area contributed by atoms with Crippen molar-refractivity contribution in [3.8, 4) is 0 Å². The maximum Gasteiger partial charge on any atom is 0.0982 e. The minimum absolute atomic E-state index is 0.901. The molecule has 1 heterocycles. The first-order valence-corrected chi connectivity index (χ1v) is 11.3. The Balaban J connectivity index is 1.97. The molecule has 0 bridgehead atoms. The molecule has 0 aliphatic rings. The molecule has 0 aliphatic carbocycles. The molecular weight excluding hydrogens is 332 g/mol. The summed E-state index contributed by atoms with van der Waals surface area (Å²) in [7, 11) is 1.37. The molecule has 0 saturated heterocycles. The van der Waals surface area contributed by atoms with Crippen molar-refractivity contribution in [3.63, 3.8) is 0 Å². The fourth-order valence-electron chi connectivity index (χ4n) is 2.45. The Kier molecular flexibility index (Phi) is 12.1. The molecule has 0 N–H and O–H groups in total. The molecule has 0 radical (unpaired) electrons. The molecule has 1 aromatic rings. The van der Waals surface area contributed by atoms with Crippen molar-refractivity contribution < 1.29 is 0 Å². The molecule has 0 fully saturated rings. The summed E-state index contributed by atoms with van der Waals surface area (Å²) in [6, 6.07) is 4.37. The molecular formula is C17H28S4. The van der Waals surface area contributed by atoms with Gasteiger partial charge in [0.15, 0.2) is 0 Å². The zero-order valence-electron chi connectivity index (χ0n) is 13.1. The quantitative estimate of drug-likeness (QED) is 0.178. The zero-order chi connectivity index (χ0) is 15.3. The second-order valence-corrected chi connectivity index (χ2v) is 8.55. The lowest BCUT2D eigenvalue weighted by molar-refractivity contribution is 0.557. The van der Waals surface area contributed by atoms with Crippen LogP contribution in [0, 0.1) is 0 Å². The fourth-order valence-corrected chi connectivity index (χ4v) is 4.42. The summed E-state index contributed by atoms with van der Waals surface area (Å²) < 4.78 is 0.901. The van der Waals surface area contributed by atoms with Gasteiger partial charge in [0.25, 0.3) is 0 Å². The molecule has 0 amide bonds. The molecule has 1 aromatic heterocycles. The molecule has 21 heavy (non-hydrogen) atoms. The van der Waals surface area contributed by atoms with Crippen LogP contribution in [0.3, 0.4) is 0 Å². The Morgan fingerprint density at radius 3 is 2.14 bits per heavy atom. The topological polar surface area (TPSA) is 0 Å². The summed E-state index contributed by atoms with van der Waals surface area (Å²) >= 11 is 11.3.